The minimum Gasteiger partial charge on any atom is -0.472 e. The highest BCUT2D eigenvalue weighted by atomic mass is 16.6. The zero-order valence-corrected chi connectivity index (χ0v) is 14.0. The summed E-state index contributed by atoms with van der Waals surface area (Å²) in [5.41, 5.74) is 0.466. The molecule has 4 aliphatic rings. The number of carbonyl (C=O) groups is 3. The maximum absolute atomic E-state index is 12.8. The summed E-state index contributed by atoms with van der Waals surface area (Å²) in [6, 6.07) is 1.81. The Kier molecular flexibility index (Phi) is 3.01. The first-order chi connectivity index (χ1) is 12.0. The summed E-state index contributed by atoms with van der Waals surface area (Å²) < 4.78 is 16.2. The molecule has 0 aromatic carbocycles. The fourth-order valence-corrected chi connectivity index (χ4v) is 5.74. The van der Waals surface area contributed by atoms with Crippen LogP contribution in [0, 0.1) is 29.1 Å². The quantitative estimate of drug-likeness (QED) is 0.728. The van der Waals surface area contributed by atoms with E-state index in [0.29, 0.717) is 19.3 Å². The minimum absolute atomic E-state index is 0.0174. The summed E-state index contributed by atoms with van der Waals surface area (Å²) in [5.74, 6) is -1.63. The maximum atomic E-state index is 12.8. The number of Topliss-reactive ketones (excluding diaryl/α,β-unsaturated/α-hetero) is 1. The topological polar surface area (TPSA) is 82.8 Å². The molecule has 2 aliphatic heterocycles. The van der Waals surface area contributed by atoms with E-state index in [2.05, 4.69) is 6.92 Å². The predicted molar refractivity (Wildman–Crippen MR) is 83.0 cm³/mol. The van der Waals surface area contributed by atoms with E-state index in [1.54, 1.807) is 12.5 Å². The molecule has 1 aromatic heterocycles. The molecule has 2 aliphatic carbocycles. The van der Waals surface area contributed by atoms with E-state index in [1.165, 1.54) is 0 Å². The van der Waals surface area contributed by atoms with E-state index < -0.39 is 5.92 Å². The van der Waals surface area contributed by atoms with E-state index in [0.717, 1.165) is 5.56 Å². The van der Waals surface area contributed by atoms with Gasteiger partial charge in [0, 0.05) is 17.9 Å². The van der Waals surface area contributed by atoms with Crippen molar-refractivity contribution in [2.75, 3.05) is 0 Å². The number of hydrogen-bond donors (Lipinski definition) is 0. The molecule has 6 nitrogen and oxygen atoms in total. The molecule has 1 aromatic rings. The number of rotatable bonds is 1. The van der Waals surface area contributed by atoms with Gasteiger partial charge in [-0.05, 0) is 36.7 Å². The second-order valence-electron chi connectivity index (χ2n) is 8.18. The van der Waals surface area contributed by atoms with Gasteiger partial charge in [-0.3, -0.25) is 14.4 Å². The van der Waals surface area contributed by atoms with E-state index in [4.69, 9.17) is 13.9 Å². The second-order valence-corrected chi connectivity index (χ2v) is 8.18. The number of ether oxygens (including phenoxy) is 2. The molecule has 7 atom stereocenters. The third-order valence-corrected chi connectivity index (χ3v) is 6.99. The number of ketones is 1. The van der Waals surface area contributed by atoms with Crippen molar-refractivity contribution in [2.45, 2.75) is 44.8 Å². The van der Waals surface area contributed by atoms with Crippen LogP contribution in [-0.4, -0.2) is 23.8 Å². The van der Waals surface area contributed by atoms with Gasteiger partial charge in [-0.15, -0.1) is 0 Å². The lowest BCUT2D eigenvalue weighted by Gasteiger charge is -2.54. The average molecular weight is 344 g/mol. The lowest BCUT2D eigenvalue weighted by atomic mass is 9.49. The van der Waals surface area contributed by atoms with Gasteiger partial charge in [0.2, 0.25) is 0 Å². The van der Waals surface area contributed by atoms with Crippen molar-refractivity contribution in [3.8, 4) is 0 Å². The molecule has 0 spiro atoms. The van der Waals surface area contributed by atoms with Crippen molar-refractivity contribution in [3.05, 3.63) is 24.2 Å². The predicted octanol–water partition coefficient (Wildman–Crippen LogP) is 2.43. The van der Waals surface area contributed by atoms with Crippen molar-refractivity contribution < 1.29 is 28.3 Å². The number of fused-ring (bicyclic) bond motifs is 6. The van der Waals surface area contributed by atoms with Crippen LogP contribution in [0.1, 0.15) is 44.3 Å². The molecule has 25 heavy (non-hydrogen) atoms. The van der Waals surface area contributed by atoms with E-state index in [9.17, 15) is 14.4 Å². The smallest absolute Gasteiger partial charge is 0.310 e. The Balaban J connectivity index is 1.55. The van der Waals surface area contributed by atoms with E-state index >= 15 is 0 Å². The summed E-state index contributed by atoms with van der Waals surface area (Å²) >= 11 is 0. The average Bonchev–Trinajstić information content (AvgIpc) is 3.19. The summed E-state index contributed by atoms with van der Waals surface area (Å²) in [6.07, 6.45) is 4.81. The standard InChI is InChI=1S/C19H20O6/c1-19-7-15(9-2-3-23-8-9)25-18(22)13(19)6-14(20)16-11-4-10(5-12(16)19)24-17(11)21/h2-3,8,10-13,15-16H,4-7H2,1H3/t10-,11+,12-,13-,15+,16+,19-/m0/s1. The summed E-state index contributed by atoms with van der Waals surface area (Å²) in [6.45, 7) is 2.09. The molecule has 3 heterocycles. The van der Waals surface area contributed by atoms with Crippen LogP contribution in [-0.2, 0) is 23.9 Å². The molecule has 0 radical (unpaired) electrons. The van der Waals surface area contributed by atoms with Crippen LogP contribution in [0.5, 0.6) is 0 Å². The Labute approximate surface area is 144 Å². The van der Waals surface area contributed by atoms with Crippen LogP contribution in [0.3, 0.4) is 0 Å². The largest absolute Gasteiger partial charge is 0.472 e. The lowest BCUT2D eigenvalue weighted by molar-refractivity contribution is -0.191. The zero-order chi connectivity index (χ0) is 17.3. The van der Waals surface area contributed by atoms with Crippen LogP contribution in [0.25, 0.3) is 0 Å². The fraction of sp³-hybridized carbons (Fsp3) is 0.632. The molecule has 2 bridgehead atoms. The second kappa shape index (κ2) is 4.96. The van der Waals surface area contributed by atoms with Crippen LogP contribution in [0.2, 0.25) is 0 Å². The first kappa shape index (κ1) is 15.2. The number of carbonyl (C=O) groups excluding carboxylic acids is 3. The van der Waals surface area contributed by atoms with Gasteiger partial charge in [-0.1, -0.05) is 6.92 Å². The molecule has 132 valence electrons. The Bertz CT molecular complexity index is 752. The highest BCUT2D eigenvalue weighted by Crippen LogP contribution is 2.61. The Morgan fingerprint density at radius 2 is 1.96 bits per heavy atom. The SMILES string of the molecule is C[C@@]12C[C@H](c3ccoc3)OC(=O)[C@@H]1CC(=O)[C@@H]1[C@H]3C[C@@H](C[C@@H]12)OC3=O. The highest BCUT2D eigenvalue weighted by molar-refractivity contribution is 5.93. The van der Waals surface area contributed by atoms with Crippen molar-refractivity contribution in [2.24, 2.45) is 29.1 Å². The first-order valence-corrected chi connectivity index (χ1v) is 8.93. The Morgan fingerprint density at radius 1 is 1.12 bits per heavy atom. The van der Waals surface area contributed by atoms with Crippen molar-refractivity contribution in [1.29, 1.82) is 0 Å². The Morgan fingerprint density at radius 3 is 2.72 bits per heavy atom. The van der Waals surface area contributed by atoms with Crippen molar-refractivity contribution in [3.63, 3.8) is 0 Å². The van der Waals surface area contributed by atoms with Crippen molar-refractivity contribution in [1.82, 2.24) is 0 Å². The van der Waals surface area contributed by atoms with Gasteiger partial charge in [0.1, 0.15) is 18.0 Å². The highest BCUT2D eigenvalue weighted by Gasteiger charge is 2.64. The molecular weight excluding hydrogens is 324 g/mol. The molecule has 2 saturated carbocycles. The van der Waals surface area contributed by atoms with Gasteiger partial charge in [0.05, 0.1) is 24.4 Å². The van der Waals surface area contributed by atoms with Crippen LogP contribution in [0.4, 0.5) is 0 Å². The third kappa shape index (κ3) is 1.99. The number of cyclic esters (lactones) is 1. The maximum Gasteiger partial charge on any atom is 0.310 e. The molecular formula is C19H20O6. The fourth-order valence-electron chi connectivity index (χ4n) is 5.74. The Hall–Kier alpha value is -2.11. The normalized spacial score (nSPS) is 45.4. The molecule has 6 heteroatoms. The molecule has 0 amide bonds. The van der Waals surface area contributed by atoms with Crippen LogP contribution in [0.15, 0.2) is 23.0 Å². The van der Waals surface area contributed by atoms with Gasteiger partial charge < -0.3 is 13.9 Å². The molecule has 5 rings (SSSR count). The lowest BCUT2D eigenvalue weighted by Crippen LogP contribution is -2.57. The van der Waals surface area contributed by atoms with Crippen LogP contribution < -0.4 is 0 Å². The van der Waals surface area contributed by atoms with Gasteiger partial charge in [0.25, 0.3) is 0 Å². The molecule has 0 unspecified atom stereocenters. The summed E-state index contributed by atoms with van der Waals surface area (Å²) in [7, 11) is 0. The van der Waals surface area contributed by atoms with Gasteiger partial charge in [-0.25, -0.2) is 0 Å². The number of furan rings is 1. The monoisotopic (exact) mass is 344 g/mol. The molecule has 2 saturated heterocycles. The molecule has 4 fully saturated rings. The summed E-state index contributed by atoms with van der Waals surface area (Å²) in [4.78, 5) is 37.6. The third-order valence-electron chi connectivity index (χ3n) is 6.99. The first-order valence-electron chi connectivity index (χ1n) is 8.93. The van der Waals surface area contributed by atoms with E-state index in [-0.39, 0.29) is 59.5 Å². The van der Waals surface area contributed by atoms with Crippen molar-refractivity contribution >= 4 is 17.7 Å². The molecule has 0 N–H and O–H groups in total. The van der Waals surface area contributed by atoms with Gasteiger partial charge in [-0.2, -0.15) is 0 Å². The summed E-state index contributed by atoms with van der Waals surface area (Å²) in [5, 5.41) is 0. The minimum atomic E-state index is -0.433. The van der Waals surface area contributed by atoms with Crippen LogP contribution >= 0.6 is 0 Å². The zero-order valence-electron chi connectivity index (χ0n) is 14.0. The number of esters is 2. The van der Waals surface area contributed by atoms with Gasteiger partial charge in [0.15, 0.2) is 0 Å². The van der Waals surface area contributed by atoms with E-state index in [1.807, 2.05) is 6.07 Å². The number of hydrogen-bond acceptors (Lipinski definition) is 6. The van der Waals surface area contributed by atoms with Gasteiger partial charge >= 0.3 is 11.9 Å².